The first-order valence-corrected chi connectivity index (χ1v) is 6.14. The lowest BCUT2D eigenvalue weighted by molar-refractivity contribution is 0.410. The fourth-order valence-corrected chi connectivity index (χ4v) is 2.39. The zero-order chi connectivity index (χ0) is 11.4. The van der Waals surface area contributed by atoms with Crippen LogP contribution in [0.4, 0.5) is 5.69 Å². The first kappa shape index (κ1) is 11.0. The number of para-hydroxylation sites is 1. The first-order valence-electron chi connectivity index (χ1n) is 5.20. The number of hydrogen-bond donors (Lipinski definition) is 1. The summed E-state index contributed by atoms with van der Waals surface area (Å²) in [6.45, 7) is 2.91. The number of hydrogen-bond acceptors (Lipinski definition) is 3. The van der Waals surface area contributed by atoms with Crippen molar-refractivity contribution in [3.05, 3.63) is 46.2 Å². The molecule has 1 aromatic carbocycles. The third kappa shape index (κ3) is 2.36. The molecule has 3 heteroatoms. The lowest BCUT2D eigenvalue weighted by atomic mass is 10.2. The van der Waals surface area contributed by atoms with Gasteiger partial charge >= 0.3 is 0 Å². The molecule has 0 radical (unpaired) electrons. The molecule has 0 saturated carbocycles. The molecule has 1 N–H and O–H groups in total. The fourth-order valence-electron chi connectivity index (χ4n) is 1.58. The monoisotopic (exact) mass is 233 g/mol. The molecule has 0 aliphatic rings. The van der Waals surface area contributed by atoms with E-state index in [0.717, 1.165) is 12.3 Å². The minimum Gasteiger partial charge on any atom is -0.496 e. The van der Waals surface area contributed by atoms with Gasteiger partial charge in [0.15, 0.2) is 0 Å². The van der Waals surface area contributed by atoms with Crippen molar-refractivity contribution >= 4 is 17.0 Å². The van der Waals surface area contributed by atoms with E-state index in [4.69, 9.17) is 4.74 Å². The van der Waals surface area contributed by atoms with Crippen molar-refractivity contribution in [2.75, 3.05) is 12.4 Å². The molecule has 0 saturated heterocycles. The Hall–Kier alpha value is -1.48. The van der Waals surface area contributed by atoms with Crippen LogP contribution in [0.3, 0.4) is 0 Å². The molecule has 2 aromatic rings. The molecule has 1 heterocycles. The number of anilines is 1. The molecule has 0 atom stereocenters. The first-order chi connectivity index (χ1) is 7.81. The highest BCUT2D eigenvalue weighted by molar-refractivity contribution is 7.08. The van der Waals surface area contributed by atoms with Gasteiger partial charge in [-0.3, -0.25) is 0 Å². The summed E-state index contributed by atoms with van der Waals surface area (Å²) in [7, 11) is 1.70. The third-order valence-corrected chi connectivity index (χ3v) is 3.38. The summed E-state index contributed by atoms with van der Waals surface area (Å²) in [6, 6.07) is 8.07. The van der Waals surface area contributed by atoms with E-state index in [-0.39, 0.29) is 0 Å². The van der Waals surface area contributed by atoms with Crippen molar-refractivity contribution in [2.45, 2.75) is 13.5 Å². The lowest BCUT2D eigenvalue weighted by Gasteiger charge is -2.09. The highest BCUT2D eigenvalue weighted by Crippen LogP contribution is 2.22. The third-order valence-electron chi connectivity index (χ3n) is 2.52. The van der Waals surface area contributed by atoms with Crippen LogP contribution < -0.4 is 10.1 Å². The van der Waals surface area contributed by atoms with Crippen LogP contribution in [0.15, 0.2) is 35.0 Å². The van der Waals surface area contributed by atoms with Crippen molar-refractivity contribution in [1.29, 1.82) is 0 Å². The number of rotatable bonds is 4. The summed E-state index contributed by atoms with van der Waals surface area (Å²) in [5.41, 5.74) is 3.67. The van der Waals surface area contributed by atoms with Gasteiger partial charge in [0.05, 0.1) is 7.11 Å². The summed E-state index contributed by atoms with van der Waals surface area (Å²) in [5, 5.41) is 7.69. The zero-order valence-electron chi connectivity index (χ0n) is 9.49. The molecule has 0 spiro atoms. The largest absolute Gasteiger partial charge is 0.496 e. The summed E-state index contributed by atoms with van der Waals surface area (Å²) in [5.74, 6) is 0.933. The SMILES string of the molecule is COc1ccccc1CNc1cscc1C. The Balaban J connectivity index is 2.07. The van der Waals surface area contributed by atoms with Gasteiger partial charge in [-0.25, -0.2) is 0 Å². The molecule has 0 unspecified atom stereocenters. The van der Waals surface area contributed by atoms with Crippen LogP contribution in [-0.4, -0.2) is 7.11 Å². The Morgan fingerprint density at radius 1 is 1.25 bits per heavy atom. The van der Waals surface area contributed by atoms with Crippen molar-refractivity contribution in [1.82, 2.24) is 0 Å². The quantitative estimate of drug-likeness (QED) is 0.869. The Morgan fingerprint density at radius 2 is 2.06 bits per heavy atom. The van der Waals surface area contributed by atoms with Crippen LogP contribution in [0.2, 0.25) is 0 Å². The van der Waals surface area contributed by atoms with Crippen LogP contribution in [0, 0.1) is 6.92 Å². The lowest BCUT2D eigenvalue weighted by Crippen LogP contribution is -2.01. The summed E-state index contributed by atoms with van der Waals surface area (Å²) in [4.78, 5) is 0. The summed E-state index contributed by atoms with van der Waals surface area (Å²) in [6.07, 6.45) is 0. The number of nitrogens with one attached hydrogen (secondary N) is 1. The second-order valence-corrected chi connectivity index (χ2v) is 4.38. The van der Waals surface area contributed by atoms with Crippen LogP contribution in [0.1, 0.15) is 11.1 Å². The second kappa shape index (κ2) is 5.03. The topological polar surface area (TPSA) is 21.3 Å². The smallest absolute Gasteiger partial charge is 0.123 e. The Labute approximate surface area is 99.9 Å². The molecule has 0 aliphatic heterocycles. The zero-order valence-corrected chi connectivity index (χ0v) is 10.3. The van der Waals surface area contributed by atoms with Crippen LogP contribution in [-0.2, 0) is 6.54 Å². The molecule has 16 heavy (non-hydrogen) atoms. The molecule has 2 rings (SSSR count). The average Bonchev–Trinajstić information content (AvgIpc) is 2.72. The molecule has 0 bridgehead atoms. The highest BCUT2D eigenvalue weighted by atomic mass is 32.1. The fraction of sp³-hybridized carbons (Fsp3) is 0.231. The minimum absolute atomic E-state index is 0.793. The number of aryl methyl sites for hydroxylation is 1. The van der Waals surface area contributed by atoms with Gasteiger partial charge < -0.3 is 10.1 Å². The summed E-state index contributed by atoms with van der Waals surface area (Å²) < 4.78 is 5.31. The minimum atomic E-state index is 0.793. The molecular formula is C13H15NOS. The second-order valence-electron chi connectivity index (χ2n) is 3.63. The molecular weight excluding hydrogens is 218 g/mol. The van der Waals surface area contributed by atoms with Gasteiger partial charge in [0, 0.05) is 23.2 Å². The van der Waals surface area contributed by atoms with E-state index < -0.39 is 0 Å². The van der Waals surface area contributed by atoms with Crippen molar-refractivity contribution in [3.63, 3.8) is 0 Å². The van der Waals surface area contributed by atoms with Crippen LogP contribution >= 0.6 is 11.3 Å². The molecule has 2 nitrogen and oxygen atoms in total. The van der Waals surface area contributed by atoms with Crippen molar-refractivity contribution in [2.24, 2.45) is 0 Å². The molecule has 0 amide bonds. The number of methoxy groups -OCH3 is 1. The van der Waals surface area contributed by atoms with Crippen LogP contribution in [0.5, 0.6) is 5.75 Å². The predicted molar refractivity (Wildman–Crippen MR) is 69.4 cm³/mol. The highest BCUT2D eigenvalue weighted by Gasteiger charge is 2.02. The van der Waals surface area contributed by atoms with Gasteiger partial charge in [-0.1, -0.05) is 18.2 Å². The van der Waals surface area contributed by atoms with E-state index >= 15 is 0 Å². The molecule has 0 fully saturated rings. The molecule has 0 aliphatic carbocycles. The van der Waals surface area contributed by atoms with Crippen molar-refractivity contribution < 1.29 is 4.74 Å². The standard InChI is InChI=1S/C13H15NOS/c1-10-8-16-9-12(10)14-7-11-5-3-4-6-13(11)15-2/h3-6,8-9,14H,7H2,1-2H3. The average molecular weight is 233 g/mol. The van der Waals surface area contributed by atoms with E-state index in [9.17, 15) is 0 Å². The predicted octanol–water partition coefficient (Wildman–Crippen LogP) is 3.68. The van der Waals surface area contributed by atoms with Gasteiger partial charge in [0.1, 0.15) is 5.75 Å². The van der Waals surface area contributed by atoms with Crippen molar-refractivity contribution in [3.8, 4) is 5.75 Å². The van der Waals surface area contributed by atoms with Gasteiger partial charge in [-0.05, 0) is 23.9 Å². The van der Waals surface area contributed by atoms with E-state index in [2.05, 4.69) is 29.1 Å². The van der Waals surface area contributed by atoms with Gasteiger partial charge in [0.2, 0.25) is 0 Å². The number of benzene rings is 1. The van der Waals surface area contributed by atoms with Gasteiger partial charge in [-0.2, -0.15) is 0 Å². The number of ether oxygens (including phenoxy) is 1. The van der Waals surface area contributed by atoms with Gasteiger partial charge in [-0.15, -0.1) is 11.3 Å². The van der Waals surface area contributed by atoms with Crippen LogP contribution in [0.25, 0.3) is 0 Å². The Bertz CT molecular complexity index is 464. The Kier molecular flexibility index (Phi) is 3.47. The number of thiophene rings is 1. The van der Waals surface area contributed by atoms with Gasteiger partial charge in [0.25, 0.3) is 0 Å². The summed E-state index contributed by atoms with van der Waals surface area (Å²) >= 11 is 1.72. The Morgan fingerprint density at radius 3 is 2.75 bits per heavy atom. The van der Waals surface area contributed by atoms with E-state index in [1.54, 1.807) is 18.4 Å². The maximum atomic E-state index is 5.31. The van der Waals surface area contributed by atoms with E-state index in [1.807, 2.05) is 18.2 Å². The maximum Gasteiger partial charge on any atom is 0.123 e. The normalized spacial score (nSPS) is 10.1. The van der Waals surface area contributed by atoms with E-state index in [1.165, 1.54) is 16.8 Å². The molecule has 1 aromatic heterocycles. The molecule has 84 valence electrons. The van der Waals surface area contributed by atoms with E-state index in [0.29, 0.717) is 0 Å². The maximum absolute atomic E-state index is 5.31.